The summed E-state index contributed by atoms with van der Waals surface area (Å²) in [6.07, 6.45) is 5.02. The van der Waals surface area contributed by atoms with E-state index in [0.717, 1.165) is 0 Å². The fourth-order valence-electron chi connectivity index (χ4n) is 0.722. The molecule has 0 aliphatic carbocycles. The van der Waals surface area contributed by atoms with E-state index in [1.54, 1.807) is 0 Å². The van der Waals surface area contributed by atoms with Crippen molar-refractivity contribution >= 4 is 17.4 Å². The van der Waals surface area contributed by atoms with Gasteiger partial charge in [0, 0.05) is 0 Å². The average molecular weight is 181 g/mol. The molecule has 0 saturated heterocycles. The molecule has 0 unspecified atom stereocenters. The Bertz CT molecular complexity index is 214. The van der Waals surface area contributed by atoms with Gasteiger partial charge in [0.1, 0.15) is 0 Å². The first-order valence-corrected chi connectivity index (χ1v) is 8.76. The van der Waals surface area contributed by atoms with Gasteiger partial charge in [0.05, 0.1) is 0 Å². The molecule has 0 bridgehead atoms. The Kier molecular flexibility index (Phi) is 4.21. The molecule has 0 aromatic heterocycles. The van der Waals surface area contributed by atoms with Crippen LogP contribution in [0.1, 0.15) is 0 Å². The maximum Gasteiger partial charge on any atom is 0.257 e. The van der Waals surface area contributed by atoms with E-state index >= 15 is 0 Å². The monoisotopic (exact) mass is 181 g/mol. The second kappa shape index (κ2) is 4.40. The van der Waals surface area contributed by atoms with Gasteiger partial charge in [0.25, 0.3) is 8.32 Å². The van der Waals surface area contributed by atoms with E-state index in [4.69, 9.17) is 10.5 Å². The molecule has 0 saturated carbocycles. The summed E-state index contributed by atoms with van der Waals surface area (Å²) in [6, 6.07) is 0. The number of hydrogen-bond acceptors (Lipinski definition) is 1. The molecule has 3 heteroatoms. The van der Waals surface area contributed by atoms with Gasteiger partial charge in [-0.1, -0.05) is 5.54 Å². The Hall–Kier alpha value is -0.486. The minimum absolute atomic E-state index is 0.631. The lowest BCUT2D eigenvalue weighted by Crippen LogP contribution is -2.33. The third-order valence-corrected chi connectivity index (χ3v) is 5.30. The molecule has 0 heterocycles. The zero-order valence-corrected chi connectivity index (χ0v) is 9.49. The molecular formula is C8H13OSi2. The second-order valence-electron chi connectivity index (χ2n) is 2.91. The van der Waals surface area contributed by atoms with E-state index in [0.29, 0.717) is 0 Å². The number of rotatable bonds is 2. The molecule has 11 heavy (non-hydrogen) atoms. The van der Waals surface area contributed by atoms with Gasteiger partial charge in [-0.3, -0.25) is 0 Å². The normalized spacial score (nSPS) is 10.2. The molecule has 0 rings (SSSR count). The zero-order chi connectivity index (χ0) is 8.91. The standard InChI is InChI=1S/C8H13OSi2/c1-6-7-8-11(4,5)9-10(2)3/h1H,2-5H3. The van der Waals surface area contributed by atoms with Crippen LogP contribution in [0.3, 0.4) is 0 Å². The summed E-state index contributed by atoms with van der Waals surface area (Å²) in [5.74, 6) is 4.93. The molecule has 0 fully saturated rings. The first-order valence-electron chi connectivity index (χ1n) is 3.45. The SMILES string of the molecule is C#CC#C[Si](C)(C)O[Si](C)C. The Morgan fingerprint density at radius 1 is 1.36 bits per heavy atom. The molecule has 0 N–H and O–H groups in total. The maximum absolute atomic E-state index is 5.71. The van der Waals surface area contributed by atoms with Gasteiger partial charge in [0.2, 0.25) is 0 Å². The van der Waals surface area contributed by atoms with Crippen molar-refractivity contribution in [3.63, 3.8) is 0 Å². The van der Waals surface area contributed by atoms with Crippen LogP contribution in [0.25, 0.3) is 0 Å². The maximum atomic E-state index is 5.71. The predicted octanol–water partition coefficient (Wildman–Crippen LogP) is 1.63. The van der Waals surface area contributed by atoms with Crippen molar-refractivity contribution in [2.24, 2.45) is 0 Å². The summed E-state index contributed by atoms with van der Waals surface area (Å²) >= 11 is 0. The molecule has 0 spiro atoms. The topological polar surface area (TPSA) is 9.23 Å². The van der Waals surface area contributed by atoms with Gasteiger partial charge in [-0.15, -0.1) is 6.42 Å². The van der Waals surface area contributed by atoms with E-state index in [2.05, 4.69) is 43.6 Å². The summed E-state index contributed by atoms with van der Waals surface area (Å²) in [4.78, 5) is 0. The highest BCUT2D eigenvalue weighted by Crippen LogP contribution is 2.03. The fraction of sp³-hybridized carbons (Fsp3) is 0.500. The average Bonchev–Trinajstić information content (AvgIpc) is 1.81. The van der Waals surface area contributed by atoms with Crippen molar-refractivity contribution in [1.29, 1.82) is 0 Å². The molecule has 0 aliphatic rings. The van der Waals surface area contributed by atoms with Crippen LogP contribution in [-0.2, 0) is 4.12 Å². The van der Waals surface area contributed by atoms with Gasteiger partial charge in [-0.05, 0) is 38.0 Å². The van der Waals surface area contributed by atoms with Gasteiger partial charge < -0.3 is 4.12 Å². The minimum Gasteiger partial charge on any atom is -0.447 e. The van der Waals surface area contributed by atoms with E-state index in [1.165, 1.54) is 0 Å². The van der Waals surface area contributed by atoms with Crippen LogP contribution in [0.5, 0.6) is 0 Å². The largest absolute Gasteiger partial charge is 0.447 e. The highest BCUT2D eigenvalue weighted by molar-refractivity contribution is 6.84. The zero-order valence-electron chi connectivity index (χ0n) is 7.49. The third kappa shape index (κ3) is 5.93. The summed E-state index contributed by atoms with van der Waals surface area (Å²) in [7, 11) is -2.38. The van der Waals surface area contributed by atoms with E-state index < -0.39 is 17.4 Å². The van der Waals surface area contributed by atoms with Crippen LogP contribution in [-0.4, -0.2) is 17.4 Å². The van der Waals surface area contributed by atoms with Crippen molar-refractivity contribution in [2.45, 2.75) is 26.2 Å². The van der Waals surface area contributed by atoms with Crippen LogP contribution >= 0.6 is 0 Å². The smallest absolute Gasteiger partial charge is 0.257 e. The number of hydrogen-bond donors (Lipinski definition) is 0. The summed E-state index contributed by atoms with van der Waals surface area (Å²) in [6.45, 7) is 8.35. The Balaban J connectivity index is 4.13. The molecule has 0 aliphatic heterocycles. The van der Waals surface area contributed by atoms with Crippen LogP contribution in [0.15, 0.2) is 0 Å². The Morgan fingerprint density at radius 3 is 2.27 bits per heavy atom. The lowest BCUT2D eigenvalue weighted by molar-refractivity contribution is 0.592. The number of terminal acetylenes is 1. The predicted molar refractivity (Wildman–Crippen MR) is 52.7 cm³/mol. The van der Waals surface area contributed by atoms with Gasteiger partial charge >= 0.3 is 0 Å². The Labute approximate surface area is 72.0 Å². The van der Waals surface area contributed by atoms with Crippen molar-refractivity contribution in [2.75, 3.05) is 0 Å². The lowest BCUT2D eigenvalue weighted by Gasteiger charge is -2.18. The van der Waals surface area contributed by atoms with Crippen LogP contribution < -0.4 is 0 Å². The quantitative estimate of drug-likeness (QED) is 0.465. The molecule has 0 aromatic carbocycles. The highest BCUT2D eigenvalue weighted by Gasteiger charge is 2.20. The molecule has 0 atom stereocenters. The minimum atomic E-state index is -1.75. The summed E-state index contributed by atoms with van der Waals surface area (Å²) in [5.41, 5.74) is 3.00. The third-order valence-electron chi connectivity index (χ3n) is 0.895. The summed E-state index contributed by atoms with van der Waals surface area (Å²) < 4.78 is 5.71. The van der Waals surface area contributed by atoms with Gasteiger partial charge in [0.15, 0.2) is 9.04 Å². The van der Waals surface area contributed by atoms with Crippen LogP contribution in [0.4, 0.5) is 0 Å². The van der Waals surface area contributed by atoms with Crippen LogP contribution in [0.2, 0.25) is 26.2 Å². The Morgan fingerprint density at radius 2 is 1.91 bits per heavy atom. The van der Waals surface area contributed by atoms with Crippen molar-refractivity contribution in [3.8, 4) is 23.8 Å². The second-order valence-corrected chi connectivity index (χ2v) is 8.82. The van der Waals surface area contributed by atoms with E-state index in [9.17, 15) is 0 Å². The molecule has 0 aromatic rings. The van der Waals surface area contributed by atoms with Crippen LogP contribution in [0, 0.1) is 23.8 Å². The summed E-state index contributed by atoms with van der Waals surface area (Å²) in [5, 5.41) is 0. The van der Waals surface area contributed by atoms with E-state index in [1.807, 2.05) is 0 Å². The van der Waals surface area contributed by atoms with Gasteiger partial charge in [-0.2, -0.15) is 0 Å². The molecule has 1 radical (unpaired) electrons. The van der Waals surface area contributed by atoms with Crippen molar-refractivity contribution < 1.29 is 4.12 Å². The molecule has 0 amide bonds. The molecule has 1 nitrogen and oxygen atoms in total. The lowest BCUT2D eigenvalue weighted by atomic mass is 10.7. The van der Waals surface area contributed by atoms with Crippen molar-refractivity contribution in [3.05, 3.63) is 0 Å². The van der Waals surface area contributed by atoms with Crippen molar-refractivity contribution in [1.82, 2.24) is 0 Å². The molecular weight excluding hydrogens is 168 g/mol. The first kappa shape index (κ1) is 10.5. The first-order chi connectivity index (χ1) is 4.98. The fourth-order valence-corrected chi connectivity index (χ4v) is 5.38. The highest BCUT2D eigenvalue weighted by atomic mass is 28.4. The molecule has 59 valence electrons. The van der Waals surface area contributed by atoms with Gasteiger partial charge in [-0.25, -0.2) is 0 Å². The van der Waals surface area contributed by atoms with E-state index in [-0.39, 0.29) is 0 Å².